The van der Waals surface area contributed by atoms with E-state index in [0.29, 0.717) is 12.3 Å². The van der Waals surface area contributed by atoms with Gasteiger partial charge in [-0.15, -0.1) is 0 Å². The summed E-state index contributed by atoms with van der Waals surface area (Å²) in [7, 11) is 0. The van der Waals surface area contributed by atoms with Crippen LogP contribution >= 0.6 is 11.6 Å². The first-order valence-corrected chi connectivity index (χ1v) is 7.21. The van der Waals surface area contributed by atoms with Gasteiger partial charge < -0.3 is 5.11 Å². The molecular weight excluding hydrogens is 244 g/mol. The summed E-state index contributed by atoms with van der Waals surface area (Å²) in [5.41, 5.74) is 2.49. The van der Waals surface area contributed by atoms with Crippen LogP contribution in [0.2, 0.25) is 5.02 Å². The molecule has 0 amide bonds. The number of benzene rings is 1. The van der Waals surface area contributed by atoms with Gasteiger partial charge in [-0.25, -0.2) is 0 Å². The van der Waals surface area contributed by atoms with Crippen molar-refractivity contribution in [2.75, 3.05) is 0 Å². The zero-order valence-corrected chi connectivity index (χ0v) is 12.3. The van der Waals surface area contributed by atoms with Crippen molar-refractivity contribution in [1.29, 1.82) is 0 Å². The van der Waals surface area contributed by atoms with E-state index < -0.39 is 0 Å². The quantitative estimate of drug-likeness (QED) is 0.861. The normalized spacial score (nSPS) is 24.2. The van der Waals surface area contributed by atoms with Gasteiger partial charge in [0.1, 0.15) is 0 Å². The molecule has 1 fully saturated rings. The van der Waals surface area contributed by atoms with Crippen molar-refractivity contribution in [3.05, 3.63) is 34.3 Å². The van der Waals surface area contributed by atoms with Gasteiger partial charge in [-0.1, -0.05) is 44.0 Å². The summed E-state index contributed by atoms with van der Waals surface area (Å²) in [4.78, 5) is 0. The molecule has 0 bridgehead atoms. The molecule has 0 spiro atoms. The Morgan fingerprint density at radius 1 is 1.44 bits per heavy atom. The van der Waals surface area contributed by atoms with E-state index in [2.05, 4.69) is 19.9 Å². The maximum atomic E-state index is 10.5. The Bertz CT molecular complexity index is 425. The molecule has 100 valence electrons. The standard InChI is InChI=1S/C16H23ClO/c1-11-6-7-12(14(17)9-11)10-15(18)13-5-4-8-16(13,2)3/h6-7,9,13,15,18H,4-5,8,10H2,1-3H3. The van der Waals surface area contributed by atoms with Crippen LogP contribution in [0.1, 0.15) is 44.2 Å². The van der Waals surface area contributed by atoms with Crippen LogP contribution in [-0.2, 0) is 6.42 Å². The van der Waals surface area contributed by atoms with Crippen LogP contribution < -0.4 is 0 Å². The number of aryl methyl sites for hydroxylation is 1. The molecule has 0 aliphatic heterocycles. The number of aliphatic hydroxyl groups excluding tert-OH is 1. The third-order valence-corrected chi connectivity index (χ3v) is 4.79. The van der Waals surface area contributed by atoms with E-state index in [1.165, 1.54) is 18.4 Å². The predicted molar refractivity (Wildman–Crippen MR) is 77.0 cm³/mol. The maximum Gasteiger partial charge on any atom is 0.0614 e. The molecule has 0 heterocycles. The third-order valence-electron chi connectivity index (χ3n) is 4.44. The first-order chi connectivity index (χ1) is 8.40. The zero-order chi connectivity index (χ0) is 13.3. The molecule has 1 N–H and O–H groups in total. The summed E-state index contributed by atoms with van der Waals surface area (Å²) >= 11 is 6.24. The highest BCUT2D eigenvalue weighted by Crippen LogP contribution is 2.45. The van der Waals surface area contributed by atoms with E-state index >= 15 is 0 Å². The molecule has 0 saturated heterocycles. The Balaban J connectivity index is 2.09. The third kappa shape index (κ3) is 2.89. The minimum Gasteiger partial charge on any atom is -0.392 e. The topological polar surface area (TPSA) is 20.2 Å². The van der Waals surface area contributed by atoms with Crippen molar-refractivity contribution < 1.29 is 5.11 Å². The summed E-state index contributed by atoms with van der Waals surface area (Å²) in [6.45, 7) is 6.57. The summed E-state index contributed by atoms with van der Waals surface area (Å²) < 4.78 is 0. The molecule has 18 heavy (non-hydrogen) atoms. The highest BCUT2D eigenvalue weighted by molar-refractivity contribution is 6.31. The second kappa shape index (κ2) is 5.22. The van der Waals surface area contributed by atoms with E-state index in [-0.39, 0.29) is 11.5 Å². The summed E-state index contributed by atoms with van der Waals surface area (Å²) in [5, 5.41) is 11.3. The Morgan fingerprint density at radius 2 is 2.17 bits per heavy atom. The Morgan fingerprint density at radius 3 is 2.72 bits per heavy atom. The van der Waals surface area contributed by atoms with Crippen LogP contribution in [0.4, 0.5) is 0 Å². The van der Waals surface area contributed by atoms with Gasteiger partial charge in [0.05, 0.1) is 6.10 Å². The van der Waals surface area contributed by atoms with E-state index in [4.69, 9.17) is 11.6 Å². The van der Waals surface area contributed by atoms with Gasteiger partial charge in [0, 0.05) is 11.4 Å². The van der Waals surface area contributed by atoms with Crippen molar-refractivity contribution in [2.45, 2.75) is 52.6 Å². The van der Waals surface area contributed by atoms with Crippen LogP contribution in [0.25, 0.3) is 0 Å². The minimum absolute atomic E-state index is 0.261. The van der Waals surface area contributed by atoms with Gasteiger partial charge >= 0.3 is 0 Å². The average molecular weight is 267 g/mol. The highest BCUT2D eigenvalue weighted by atomic mass is 35.5. The smallest absolute Gasteiger partial charge is 0.0614 e. The first kappa shape index (κ1) is 13.9. The Labute approximate surface area is 115 Å². The van der Waals surface area contributed by atoms with Gasteiger partial charge in [-0.05, 0) is 48.3 Å². The molecule has 2 atom stereocenters. The lowest BCUT2D eigenvalue weighted by atomic mass is 9.77. The van der Waals surface area contributed by atoms with Crippen molar-refractivity contribution in [3.8, 4) is 0 Å². The fourth-order valence-electron chi connectivity index (χ4n) is 3.25. The predicted octanol–water partition coefficient (Wildman–Crippen LogP) is 4.38. The van der Waals surface area contributed by atoms with Gasteiger partial charge in [-0.2, -0.15) is 0 Å². The summed E-state index contributed by atoms with van der Waals surface area (Å²) in [6, 6.07) is 6.08. The van der Waals surface area contributed by atoms with Crippen molar-refractivity contribution >= 4 is 11.6 Å². The largest absolute Gasteiger partial charge is 0.392 e. The molecular formula is C16H23ClO. The highest BCUT2D eigenvalue weighted by Gasteiger charge is 2.38. The van der Waals surface area contributed by atoms with E-state index in [9.17, 15) is 5.11 Å². The van der Waals surface area contributed by atoms with Crippen LogP contribution in [-0.4, -0.2) is 11.2 Å². The number of hydrogen-bond acceptors (Lipinski definition) is 1. The number of halogens is 1. The van der Waals surface area contributed by atoms with E-state index in [0.717, 1.165) is 17.0 Å². The number of hydrogen-bond donors (Lipinski definition) is 1. The monoisotopic (exact) mass is 266 g/mol. The molecule has 0 aromatic heterocycles. The second-order valence-electron chi connectivity index (χ2n) is 6.35. The molecule has 1 aliphatic rings. The molecule has 1 aliphatic carbocycles. The van der Waals surface area contributed by atoms with Crippen molar-refractivity contribution in [1.82, 2.24) is 0 Å². The SMILES string of the molecule is Cc1ccc(CC(O)C2CCCC2(C)C)c(Cl)c1. The fourth-order valence-corrected chi connectivity index (χ4v) is 3.56. The molecule has 0 radical (unpaired) electrons. The fraction of sp³-hybridized carbons (Fsp3) is 0.625. The molecule has 1 aromatic rings. The van der Waals surface area contributed by atoms with Crippen LogP contribution in [0.5, 0.6) is 0 Å². The van der Waals surface area contributed by atoms with Crippen molar-refractivity contribution in [3.63, 3.8) is 0 Å². The Kier molecular flexibility index (Phi) is 4.03. The Hall–Kier alpha value is -0.530. The molecule has 1 saturated carbocycles. The van der Waals surface area contributed by atoms with E-state index in [1.54, 1.807) is 0 Å². The lowest BCUT2D eigenvalue weighted by Gasteiger charge is -2.31. The van der Waals surface area contributed by atoms with Gasteiger partial charge in [-0.3, -0.25) is 0 Å². The lowest BCUT2D eigenvalue weighted by molar-refractivity contribution is 0.0543. The van der Waals surface area contributed by atoms with E-state index in [1.807, 2.05) is 19.1 Å². The molecule has 2 unspecified atom stereocenters. The molecule has 1 aromatic carbocycles. The lowest BCUT2D eigenvalue weighted by Crippen LogP contribution is -2.31. The summed E-state index contributed by atoms with van der Waals surface area (Å²) in [6.07, 6.45) is 3.99. The van der Waals surface area contributed by atoms with Gasteiger partial charge in [0.2, 0.25) is 0 Å². The van der Waals surface area contributed by atoms with Crippen LogP contribution in [0.15, 0.2) is 18.2 Å². The maximum absolute atomic E-state index is 10.5. The molecule has 2 heteroatoms. The molecule has 2 rings (SSSR count). The first-order valence-electron chi connectivity index (χ1n) is 6.83. The molecule has 1 nitrogen and oxygen atoms in total. The number of aliphatic hydroxyl groups is 1. The van der Waals surface area contributed by atoms with Gasteiger partial charge in [0.15, 0.2) is 0 Å². The van der Waals surface area contributed by atoms with Gasteiger partial charge in [0.25, 0.3) is 0 Å². The van der Waals surface area contributed by atoms with Crippen LogP contribution in [0, 0.1) is 18.3 Å². The van der Waals surface area contributed by atoms with Crippen molar-refractivity contribution in [2.24, 2.45) is 11.3 Å². The summed E-state index contributed by atoms with van der Waals surface area (Å²) in [5.74, 6) is 0.398. The minimum atomic E-state index is -0.275. The second-order valence-corrected chi connectivity index (χ2v) is 6.76. The zero-order valence-electron chi connectivity index (χ0n) is 11.5. The average Bonchev–Trinajstić information content (AvgIpc) is 2.62. The number of rotatable bonds is 3. The van der Waals surface area contributed by atoms with Crippen LogP contribution in [0.3, 0.4) is 0 Å².